The summed E-state index contributed by atoms with van der Waals surface area (Å²) in [6.07, 6.45) is 4.61. The molecule has 2 fully saturated rings. The second-order valence-electron chi connectivity index (χ2n) is 9.38. The molecule has 176 valence electrons. The topological polar surface area (TPSA) is 82.1 Å². The Bertz CT molecular complexity index is 867. The van der Waals surface area contributed by atoms with Crippen molar-refractivity contribution in [3.8, 4) is 5.75 Å². The van der Waals surface area contributed by atoms with Crippen molar-refractivity contribution in [3.63, 3.8) is 0 Å². The van der Waals surface area contributed by atoms with Gasteiger partial charge < -0.3 is 20.1 Å². The lowest BCUT2D eigenvalue weighted by molar-refractivity contribution is -0.135. The number of imide groups is 1. The van der Waals surface area contributed by atoms with Gasteiger partial charge in [0.25, 0.3) is 5.91 Å². The van der Waals surface area contributed by atoms with Crippen LogP contribution in [-0.4, -0.2) is 64.7 Å². The summed E-state index contributed by atoms with van der Waals surface area (Å²) in [5, 5.41) is 12.6. The average molecular weight is 448 g/mol. The van der Waals surface area contributed by atoms with E-state index >= 15 is 0 Å². The smallest absolute Gasteiger partial charge is 0.325 e. The third-order valence-electron chi connectivity index (χ3n) is 7.44. The Hall–Kier alpha value is -2.19. The van der Waals surface area contributed by atoms with Crippen LogP contribution in [0.2, 0.25) is 0 Å². The number of halogens is 1. The fraction of sp³-hybridized carbons (Fsp3) is 0.667. The fourth-order valence-corrected chi connectivity index (χ4v) is 5.30. The van der Waals surface area contributed by atoms with Crippen LogP contribution in [0.3, 0.4) is 0 Å². The number of carbonyl (C=O) groups is 2. The number of piperidine rings is 1. The highest BCUT2D eigenvalue weighted by atomic mass is 19.1. The van der Waals surface area contributed by atoms with Crippen molar-refractivity contribution in [2.75, 3.05) is 26.2 Å². The number of nitrogens with one attached hydrogen (secondary N) is 1. The number of urea groups is 1. The molecule has 0 aromatic heterocycles. The van der Waals surface area contributed by atoms with Gasteiger partial charge in [-0.05, 0) is 63.3 Å². The van der Waals surface area contributed by atoms with Crippen molar-refractivity contribution in [1.82, 2.24) is 15.1 Å². The highest BCUT2D eigenvalue weighted by Crippen LogP contribution is 2.49. The summed E-state index contributed by atoms with van der Waals surface area (Å²) in [7, 11) is 0. The number of hydrogen-bond donors (Lipinski definition) is 2. The van der Waals surface area contributed by atoms with E-state index in [1.54, 1.807) is 6.07 Å². The fourth-order valence-electron chi connectivity index (χ4n) is 5.30. The molecular formula is C24H34FN3O4. The van der Waals surface area contributed by atoms with Crippen molar-refractivity contribution in [2.24, 2.45) is 0 Å². The predicted octanol–water partition coefficient (Wildman–Crippen LogP) is 3.15. The lowest BCUT2D eigenvalue weighted by atomic mass is 9.74. The molecule has 0 aliphatic carbocycles. The second-order valence-corrected chi connectivity index (χ2v) is 9.38. The minimum absolute atomic E-state index is 0.195. The van der Waals surface area contributed by atoms with Crippen molar-refractivity contribution in [2.45, 2.75) is 76.0 Å². The van der Waals surface area contributed by atoms with Gasteiger partial charge in [-0.15, -0.1) is 0 Å². The molecule has 7 nitrogen and oxygen atoms in total. The Morgan fingerprint density at radius 3 is 2.53 bits per heavy atom. The SMILES string of the molecule is CCC1(CC)CC2(NC(=O)N(CCCCN3CCC(O)CC3)C2=O)c2cc(F)ccc2O1. The summed E-state index contributed by atoms with van der Waals surface area (Å²) >= 11 is 0. The molecule has 3 amide bonds. The third-order valence-corrected chi connectivity index (χ3v) is 7.44. The molecule has 1 aromatic rings. The van der Waals surface area contributed by atoms with Crippen LogP contribution < -0.4 is 10.1 Å². The summed E-state index contributed by atoms with van der Waals surface area (Å²) in [6.45, 7) is 6.99. The highest BCUT2D eigenvalue weighted by Gasteiger charge is 2.59. The Morgan fingerprint density at radius 2 is 1.84 bits per heavy atom. The molecule has 1 unspecified atom stereocenters. The number of unbranched alkanes of at least 4 members (excludes halogenated alkanes) is 1. The van der Waals surface area contributed by atoms with Crippen molar-refractivity contribution in [1.29, 1.82) is 0 Å². The molecule has 2 N–H and O–H groups in total. The quantitative estimate of drug-likeness (QED) is 0.496. The van der Waals surface area contributed by atoms with Gasteiger partial charge in [-0.3, -0.25) is 9.69 Å². The molecule has 4 rings (SSSR count). The molecule has 3 aliphatic rings. The molecule has 2 saturated heterocycles. The van der Waals surface area contributed by atoms with E-state index in [0.29, 0.717) is 43.5 Å². The number of ether oxygens (including phenoxy) is 1. The minimum atomic E-state index is -1.29. The lowest BCUT2D eigenvalue weighted by Gasteiger charge is -2.45. The Labute approximate surface area is 188 Å². The van der Waals surface area contributed by atoms with Gasteiger partial charge in [0, 0.05) is 31.6 Å². The summed E-state index contributed by atoms with van der Waals surface area (Å²) in [6, 6.07) is 3.78. The van der Waals surface area contributed by atoms with E-state index < -0.39 is 23.0 Å². The summed E-state index contributed by atoms with van der Waals surface area (Å²) in [5.74, 6) is -0.312. The van der Waals surface area contributed by atoms with E-state index in [1.807, 2.05) is 13.8 Å². The molecule has 1 aromatic carbocycles. The number of aliphatic hydroxyl groups is 1. The van der Waals surface area contributed by atoms with Gasteiger partial charge in [-0.25, -0.2) is 9.18 Å². The maximum atomic E-state index is 14.1. The number of carbonyl (C=O) groups excluding carboxylic acids is 2. The van der Waals surface area contributed by atoms with Gasteiger partial charge >= 0.3 is 6.03 Å². The third kappa shape index (κ3) is 4.10. The molecule has 0 saturated carbocycles. The van der Waals surface area contributed by atoms with Crippen LogP contribution in [0.25, 0.3) is 0 Å². The molecule has 32 heavy (non-hydrogen) atoms. The maximum Gasteiger partial charge on any atom is 0.325 e. The van der Waals surface area contributed by atoms with Gasteiger partial charge in [-0.1, -0.05) is 13.8 Å². The average Bonchev–Trinajstić information content (AvgIpc) is 3.02. The van der Waals surface area contributed by atoms with E-state index in [0.717, 1.165) is 38.9 Å². The molecule has 3 heterocycles. The molecule has 0 bridgehead atoms. The molecule has 0 radical (unpaired) electrons. The predicted molar refractivity (Wildman–Crippen MR) is 118 cm³/mol. The van der Waals surface area contributed by atoms with Crippen LogP contribution in [-0.2, 0) is 10.3 Å². The molecule has 8 heteroatoms. The van der Waals surface area contributed by atoms with E-state index in [9.17, 15) is 19.1 Å². The van der Waals surface area contributed by atoms with Crippen LogP contribution in [0.4, 0.5) is 9.18 Å². The van der Waals surface area contributed by atoms with Crippen LogP contribution in [0.1, 0.15) is 64.4 Å². The molecule has 3 aliphatic heterocycles. The normalized spacial score (nSPS) is 25.7. The molecular weight excluding hydrogens is 413 g/mol. The number of fused-ring (bicyclic) bond motifs is 2. The zero-order valence-corrected chi connectivity index (χ0v) is 19.0. The largest absolute Gasteiger partial charge is 0.487 e. The Kier molecular flexibility index (Phi) is 6.45. The van der Waals surface area contributed by atoms with Crippen LogP contribution >= 0.6 is 0 Å². The van der Waals surface area contributed by atoms with Gasteiger partial charge in [0.05, 0.1) is 6.10 Å². The Balaban J connectivity index is 1.48. The first-order valence-corrected chi connectivity index (χ1v) is 11.9. The lowest BCUT2D eigenvalue weighted by Crippen LogP contribution is -2.55. The summed E-state index contributed by atoms with van der Waals surface area (Å²) in [4.78, 5) is 30.1. The van der Waals surface area contributed by atoms with E-state index in [2.05, 4.69) is 10.2 Å². The standard InChI is InChI=1S/C24H34FN3O4/c1-3-23(4-2)16-24(19-15-17(25)7-8-20(19)32-23)21(30)28(22(31)26-24)12-6-5-11-27-13-9-18(29)10-14-27/h7-8,15,18,29H,3-6,9-14,16H2,1-2H3,(H,26,31). The highest BCUT2D eigenvalue weighted by molar-refractivity contribution is 6.08. The molecule has 1 spiro atoms. The minimum Gasteiger partial charge on any atom is -0.487 e. The van der Waals surface area contributed by atoms with Crippen molar-refractivity contribution in [3.05, 3.63) is 29.6 Å². The zero-order chi connectivity index (χ0) is 22.9. The van der Waals surface area contributed by atoms with E-state index in [4.69, 9.17) is 4.74 Å². The summed E-state index contributed by atoms with van der Waals surface area (Å²) < 4.78 is 20.4. The van der Waals surface area contributed by atoms with Crippen molar-refractivity contribution >= 4 is 11.9 Å². The van der Waals surface area contributed by atoms with E-state index in [-0.39, 0.29) is 12.0 Å². The van der Waals surface area contributed by atoms with Gasteiger partial charge in [0.15, 0.2) is 5.54 Å². The van der Waals surface area contributed by atoms with Crippen LogP contribution in [0.15, 0.2) is 18.2 Å². The van der Waals surface area contributed by atoms with Crippen LogP contribution in [0, 0.1) is 5.82 Å². The number of hydrogen-bond acceptors (Lipinski definition) is 5. The second kappa shape index (κ2) is 8.98. The first-order valence-electron chi connectivity index (χ1n) is 11.9. The van der Waals surface area contributed by atoms with Crippen molar-refractivity contribution < 1.29 is 23.8 Å². The van der Waals surface area contributed by atoms with Crippen LogP contribution in [0.5, 0.6) is 5.75 Å². The number of aliphatic hydroxyl groups excluding tert-OH is 1. The summed E-state index contributed by atoms with van der Waals surface area (Å²) in [5.41, 5.74) is -1.48. The van der Waals surface area contributed by atoms with Gasteiger partial charge in [0.2, 0.25) is 0 Å². The molecule has 1 atom stereocenters. The Morgan fingerprint density at radius 1 is 1.16 bits per heavy atom. The monoisotopic (exact) mass is 447 g/mol. The maximum absolute atomic E-state index is 14.1. The zero-order valence-electron chi connectivity index (χ0n) is 19.0. The number of benzene rings is 1. The number of nitrogens with zero attached hydrogens (tertiary/aromatic N) is 2. The number of likely N-dealkylation sites (tertiary alicyclic amines) is 1. The first kappa shape index (κ1) is 23.0. The van der Waals surface area contributed by atoms with E-state index in [1.165, 1.54) is 17.0 Å². The van der Waals surface area contributed by atoms with Gasteiger partial charge in [-0.2, -0.15) is 0 Å². The van der Waals surface area contributed by atoms with Gasteiger partial charge in [0.1, 0.15) is 17.2 Å². The number of amides is 3. The number of rotatable bonds is 7. The first-order chi connectivity index (χ1) is 15.3.